The lowest BCUT2D eigenvalue weighted by Crippen LogP contribution is -2.34. The lowest BCUT2D eigenvalue weighted by molar-refractivity contribution is -0.122. The molecule has 2 saturated carbocycles. The van der Waals surface area contributed by atoms with Gasteiger partial charge in [-0.25, -0.2) is 14.7 Å². The number of esters is 2. The molecule has 5 N–H and O–H groups in total. The monoisotopic (exact) mass is 1090 g/mol. The minimum absolute atomic E-state index is 0.0326. The second-order valence-corrected chi connectivity index (χ2v) is 22.0. The molecule has 0 aliphatic heterocycles. The van der Waals surface area contributed by atoms with Crippen LogP contribution in [0.25, 0.3) is 44.3 Å². The molecule has 2 aliphatic carbocycles. The van der Waals surface area contributed by atoms with Crippen molar-refractivity contribution in [2.75, 3.05) is 68.7 Å². The summed E-state index contributed by atoms with van der Waals surface area (Å²) in [6.45, 7) is 2.49. The Morgan fingerprint density at radius 2 is 0.974 bits per heavy atom. The number of aromatic nitrogens is 2. The first-order valence-electron chi connectivity index (χ1n) is 27.4. The molecule has 0 bridgehead atoms. The molecule has 17 nitrogen and oxygen atoms in total. The van der Waals surface area contributed by atoms with Gasteiger partial charge in [-0.3, -0.25) is 9.59 Å². The van der Waals surface area contributed by atoms with E-state index in [1.54, 1.807) is 20.3 Å². The van der Waals surface area contributed by atoms with Crippen LogP contribution in [0.3, 0.4) is 0 Å². The average molecular weight is 1090 g/mol. The summed E-state index contributed by atoms with van der Waals surface area (Å²) in [4.78, 5) is 51.3. The van der Waals surface area contributed by atoms with Crippen molar-refractivity contribution in [3.63, 3.8) is 0 Å². The molecule has 2 aliphatic rings. The molecule has 0 atom stereocenters. The third kappa shape index (κ3) is 14.7. The molecule has 0 saturated heterocycles. The van der Waals surface area contributed by atoms with E-state index in [0.29, 0.717) is 48.9 Å². The normalized spacial score (nSPS) is 14.2. The molecule has 18 heteroatoms. The summed E-state index contributed by atoms with van der Waals surface area (Å²) in [6, 6.07) is 27.2. The van der Waals surface area contributed by atoms with Gasteiger partial charge in [0.25, 0.3) is 10.2 Å². The Kier molecular flexibility index (Phi) is 21.3. The van der Waals surface area contributed by atoms with Gasteiger partial charge in [-0.1, -0.05) is 50.7 Å². The second-order valence-electron chi connectivity index (χ2n) is 20.4. The number of unbranched alkanes of at least 4 members (excludes halogenated alkanes) is 2. The van der Waals surface area contributed by atoms with Gasteiger partial charge in [-0.2, -0.15) is 12.7 Å². The van der Waals surface area contributed by atoms with Gasteiger partial charge in [0.2, 0.25) is 11.8 Å². The van der Waals surface area contributed by atoms with Crippen LogP contribution in [-0.2, 0) is 42.4 Å². The van der Waals surface area contributed by atoms with E-state index in [1.165, 1.54) is 58.1 Å². The Bertz CT molecular complexity index is 3100. The van der Waals surface area contributed by atoms with Crippen molar-refractivity contribution in [2.24, 2.45) is 5.14 Å². The van der Waals surface area contributed by atoms with Crippen molar-refractivity contribution in [2.45, 2.75) is 115 Å². The topological polar surface area (TPSA) is 215 Å². The molecule has 2 amide bonds. The van der Waals surface area contributed by atoms with Crippen molar-refractivity contribution < 1.29 is 46.5 Å². The predicted octanol–water partition coefficient (Wildman–Crippen LogP) is 9.45. The molecule has 2 fully saturated rings. The van der Waals surface area contributed by atoms with E-state index >= 15 is 0 Å². The second kappa shape index (κ2) is 28.2. The highest BCUT2D eigenvalue weighted by Gasteiger charge is 2.30. The maximum Gasteiger partial charge on any atom is 0.337 e. The fourth-order valence-corrected chi connectivity index (χ4v) is 11.6. The first kappa shape index (κ1) is 58.9. The molecule has 0 unspecified atom stereocenters. The van der Waals surface area contributed by atoms with Crippen LogP contribution in [-0.4, -0.2) is 114 Å². The molecular formula is C60H79N7O10S. The lowest BCUT2D eigenvalue weighted by atomic mass is 9.82. The van der Waals surface area contributed by atoms with E-state index in [2.05, 4.69) is 32.7 Å². The first-order chi connectivity index (χ1) is 37.7. The summed E-state index contributed by atoms with van der Waals surface area (Å²) in [7, 11) is 5.68. The number of fused-ring (bicyclic) bond motifs is 2. The highest BCUT2D eigenvalue weighted by atomic mass is 32.2. The molecule has 0 radical (unpaired) electrons. The standard InChI is InChI=1S/C30H40N4O6S.C30H39N3O4/c1-33(41(31,37)38)18-8-7-17-32-27(35)20-34-26-19-23(30(36)40-3)13-16-25(26)28(21-9-5-4-6-10-21)29(34)22-11-14-24(39-2)15-12-22;1-31-17-7-8-18-32-27(34)20-33-26-19-23(30(35)37-3)13-16-25(26)28(21-9-5-4-6-10-21)29(33)22-11-14-24(36-2)15-12-22/h11-16,19,21H,4-10,17-18,20H2,1-3H3,(H,32,35)(H2,31,37,38);11-16,19,21,31H,4-10,17-18,20H2,1-3H3,(H,32,34). The Morgan fingerprint density at radius 3 is 1.35 bits per heavy atom. The number of carbonyl (C=O) groups excluding carboxylic acids is 4. The molecule has 78 heavy (non-hydrogen) atoms. The van der Waals surface area contributed by atoms with Crippen LogP contribution in [0.2, 0.25) is 0 Å². The highest BCUT2D eigenvalue weighted by Crippen LogP contribution is 2.46. The van der Waals surface area contributed by atoms with Crippen molar-refractivity contribution in [1.82, 2.24) is 29.4 Å². The van der Waals surface area contributed by atoms with E-state index in [-0.39, 0.29) is 37.4 Å². The molecule has 2 heterocycles. The third-order valence-corrected chi connectivity index (χ3v) is 16.3. The SMILES string of the molecule is CNCCCCNC(=O)Cn1c(-c2ccc(OC)cc2)c(C2CCCCC2)c2ccc(C(=O)OC)cc21.COC(=O)c1ccc2c(C3CCCCC3)c(-c3ccc(OC)cc3)n(CC(=O)NCCCCN(C)S(N)(=O)=O)c2c1. The number of rotatable bonds is 23. The summed E-state index contributed by atoms with van der Waals surface area (Å²) in [5, 5.41) is 16.5. The van der Waals surface area contributed by atoms with Gasteiger partial charge in [0, 0.05) is 37.5 Å². The number of ether oxygens (including phenoxy) is 4. The van der Waals surface area contributed by atoms with Gasteiger partial charge in [-0.15, -0.1) is 0 Å². The number of nitrogens with one attached hydrogen (secondary N) is 3. The van der Waals surface area contributed by atoms with Crippen molar-refractivity contribution in [1.29, 1.82) is 0 Å². The Balaban J connectivity index is 0.000000227. The molecule has 6 aromatic rings. The summed E-state index contributed by atoms with van der Waals surface area (Å²) in [5.74, 6) is 1.26. The fourth-order valence-electron chi connectivity index (χ4n) is 11.2. The molecule has 420 valence electrons. The van der Waals surface area contributed by atoms with E-state index in [1.807, 2.05) is 78.3 Å². The maximum atomic E-state index is 13.3. The average Bonchev–Trinajstić information content (AvgIpc) is 4.17. The molecular weight excluding hydrogens is 1010 g/mol. The minimum atomic E-state index is -3.72. The molecule has 4 aromatic carbocycles. The van der Waals surface area contributed by atoms with Crippen molar-refractivity contribution >= 4 is 55.8 Å². The van der Waals surface area contributed by atoms with Crippen LogP contribution in [0.15, 0.2) is 84.9 Å². The third-order valence-electron chi connectivity index (χ3n) is 15.2. The number of benzene rings is 4. The predicted molar refractivity (Wildman–Crippen MR) is 306 cm³/mol. The number of nitrogens with zero attached hydrogens (tertiary/aromatic N) is 3. The summed E-state index contributed by atoms with van der Waals surface area (Å²) in [6.07, 6.45) is 14.7. The maximum absolute atomic E-state index is 13.3. The van der Waals surface area contributed by atoms with Gasteiger partial charge in [-0.05, 0) is 172 Å². The number of methoxy groups -OCH3 is 4. The van der Waals surface area contributed by atoms with E-state index < -0.39 is 16.2 Å². The van der Waals surface area contributed by atoms with E-state index in [4.69, 9.17) is 24.1 Å². The number of nitrogens with two attached hydrogens (primary N) is 1. The lowest BCUT2D eigenvalue weighted by Gasteiger charge is -2.24. The Hall–Kier alpha value is -6.73. The van der Waals surface area contributed by atoms with Crippen molar-refractivity contribution in [3.05, 3.63) is 107 Å². The molecule has 2 aromatic heterocycles. The van der Waals surface area contributed by atoms with Crippen LogP contribution < -0.4 is 30.6 Å². The van der Waals surface area contributed by atoms with Crippen LogP contribution in [0, 0.1) is 0 Å². The van der Waals surface area contributed by atoms with Gasteiger partial charge in [0.15, 0.2) is 0 Å². The summed E-state index contributed by atoms with van der Waals surface area (Å²) >= 11 is 0. The van der Waals surface area contributed by atoms with Crippen LogP contribution in [0.1, 0.15) is 134 Å². The minimum Gasteiger partial charge on any atom is -0.497 e. The largest absolute Gasteiger partial charge is 0.497 e. The van der Waals surface area contributed by atoms with Gasteiger partial charge >= 0.3 is 11.9 Å². The number of hydrogen-bond donors (Lipinski definition) is 4. The quantitative estimate of drug-likeness (QED) is 0.0350. The number of hydrogen-bond acceptors (Lipinski definition) is 11. The van der Waals surface area contributed by atoms with E-state index in [9.17, 15) is 27.6 Å². The zero-order valence-electron chi connectivity index (χ0n) is 46.3. The number of carbonyl (C=O) groups is 4. The molecule has 0 spiro atoms. The highest BCUT2D eigenvalue weighted by molar-refractivity contribution is 7.86. The van der Waals surface area contributed by atoms with Gasteiger partial charge in [0.05, 0.1) is 62.0 Å². The van der Waals surface area contributed by atoms with Crippen LogP contribution in [0.5, 0.6) is 11.5 Å². The Labute approximate surface area is 459 Å². The summed E-state index contributed by atoms with van der Waals surface area (Å²) < 4.78 is 48.8. The summed E-state index contributed by atoms with van der Waals surface area (Å²) in [5.41, 5.74) is 9.13. The Morgan fingerprint density at radius 1 is 0.577 bits per heavy atom. The fraction of sp³-hybridized carbons (Fsp3) is 0.467. The van der Waals surface area contributed by atoms with Gasteiger partial charge < -0.3 is 44.0 Å². The smallest absolute Gasteiger partial charge is 0.337 e. The zero-order valence-corrected chi connectivity index (χ0v) is 47.1. The van der Waals surface area contributed by atoms with Crippen molar-refractivity contribution in [3.8, 4) is 34.0 Å². The first-order valence-corrected chi connectivity index (χ1v) is 28.9. The number of amides is 2. The van der Waals surface area contributed by atoms with Crippen LogP contribution >= 0.6 is 0 Å². The molecule has 8 rings (SSSR count). The van der Waals surface area contributed by atoms with Crippen LogP contribution in [0.4, 0.5) is 0 Å². The zero-order chi connectivity index (χ0) is 55.8. The van der Waals surface area contributed by atoms with Gasteiger partial charge in [0.1, 0.15) is 24.6 Å². The van der Waals surface area contributed by atoms with E-state index in [0.717, 1.165) is 118 Å².